The summed E-state index contributed by atoms with van der Waals surface area (Å²) in [7, 11) is 0. The molecule has 27 heavy (non-hydrogen) atoms. The molecule has 1 aliphatic heterocycles. The number of hydrogen-bond donors (Lipinski definition) is 2. The Morgan fingerprint density at radius 2 is 1.78 bits per heavy atom. The van der Waals surface area contributed by atoms with E-state index in [2.05, 4.69) is 15.5 Å². The Morgan fingerprint density at radius 3 is 2.48 bits per heavy atom. The zero-order chi connectivity index (χ0) is 18.9. The molecule has 2 N–H and O–H groups in total. The highest BCUT2D eigenvalue weighted by Gasteiger charge is 2.31. The van der Waals surface area contributed by atoms with E-state index in [0.717, 1.165) is 58.5 Å². The molecule has 2 fully saturated rings. The Kier molecular flexibility index (Phi) is 7.66. The van der Waals surface area contributed by atoms with Crippen molar-refractivity contribution in [1.82, 2.24) is 15.5 Å². The number of carbonyl (C=O) groups excluding carboxylic acids is 2. The number of ether oxygens (including phenoxy) is 1. The molecule has 0 spiro atoms. The van der Waals surface area contributed by atoms with Gasteiger partial charge in [0, 0.05) is 31.7 Å². The molecule has 6 nitrogen and oxygen atoms in total. The third-order valence-corrected chi connectivity index (χ3v) is 5.56. The molecular formula is C21H31N3O3. The molecule has 1 saturated carbocycles. The molecule has 1 aromatic rings. The van der Waals surface area contributed by atoms with Crippen molar-refractivity contribution >= 4 is 11.8 Å². The molecular weight excluding hydrogens is 342 g/mol. The van der Waals surface area contributed by atoms with Gasteiger partial charge in [-0.05, 0) is 30.9 Å². The van der Waals surface area contributed by atoms with Gasteiger partial charge in [-0.15, -0.1) is 0 Å². The monoisotopic (exact) mass is 373 g/mol. The van der Waals surface area contributed by atoms with Crippen LogP contribution in [0.4, 0.5) is 0 Å². The lowest BCUT2D eigenvalue weighted by molar-refractivity contribution is -0.124. The number of carbonyl (C=O) groups is 2. The van der Waals surface area contributed by atoms with E-state index in [1.165, 1.54) is 6.42 Å². The average molecular weight is 373 g/mol. The molecule has 0 bridgehead atoms. The topological polar surface area (TPSA) is 70.7 Å². The average Bonchev–Trinajstić information content (AvgIpc) is 2.74. The van der Waals surface area contributed by atoms with Crippen LogP contribution in [0, 0.1) is 5.92 Å². The van der Waals surface area contributed by atoms with Crippen LogP contribution < -0.4 is 10.6 Å². The van der Waals surface area contributed by atoms with Crippen LogP contribution in [-0.4, -0.2) is 62.1 Å². The number of amides is 2. The van der Waals surface area contributed by atoms with Gasteiger partial charge in [0.1, 0.15) is 6.04 Å². The van der Waals surface area contributed by atoms with Gasteiger partial charge < -0.3 is 15.4 Å². The van der Waals surface area contributed by atoms with E-state index in [1.807, 2.05) is 18.2 Å². The summed E-state index contributed by atoms with van der Waals surface area (Å²) in [5, 5.41) is 6.05. The second-order valence-corrected chi connectivity index (χ2v) is 7.46. The molecule has 1 heterocycles. The van der Waals surface area contributed by atoms with Crippen molar-refractivity contribution in [2.45, 2.75) is 38.1 Å². The Balaban J connectivity index is 1.56. The van der Waals surface area contributed by atoms with Gasteiger partial charge >= 0.3 is 0 Å². The van der Waals surface area contributed by atoms with E-state index in [0.29, 0.717) is 12.1 Å². The number of rotatable bonds is 7. The van der Waals surface area contributed by atoms with Crippen LogP contribution in [0.25, 0.3) is 0 Å². The fourth-order valence-electron chi connectivity index (χ4n) is 3.95. The molecule has 0 aromatic heterocycles. The van der Waals surface area contributed by atoms with Crippen LogP contribution in [0.5, 0.6) is 0 Å². The van der Waals surface area contributed by atoms with Crippen molar-refractivity contribution in [3.63, 3.8) is 0 Å². The number of nitrogens with one attached hydrogen (secondary N) is 2. The van der Waals surface area contributed by atoms with Crippen molar-refractivity contribution in [1.29, 1.82) is 0 Å². The van der Waals surface area contributed by atoms with E-state index in [1.54, 1.807) is 12.1 Å². The summed E-state index contributed by atoms with van der Waals surface area (Å²) in [6, 6.07) is 8.67. The van der Waals surface area contributed by atoms with Crippen molar-refractivity contribution in [3.8, 4) is 0 Å². The number of nitrogens with zero attached hydrogens (tertiary/aromatic N) is 1. The van der Waals surface area contributed by atoms with Crippen LogP contribution in [0.3, 0.4) is 0 Å². The minimum absolute atomic E-state index is 0.0561. The van der Waals surface area contributed by atoms with E-state index in [9.17, 15) is 9.59 Å². The molecule has 1 aromatic carbocycles. The van der Waals surface area contributed by atoms with E-state index >= 15 is 0 Å². The quantitative estimate of drug-likeness (QED) is 0.765. The molecule has 6 heteroatoms. The maximum atomic E-state index is 12.9. The predicted molar refractivity (Wildman–Crippen MR) is 105 cm³/mol. The summed E-state index contributed by atoms with van der Waals surface area (Å²) in [6.07, 6.45) is 5.47. The maximum absolute atomic E-state index is 12.9. The van der Waals surface area contributed by atoms with Crippen molar-refractivity contribution in [2.75, 3.05) is 39.4 Å². The van der Waals surface area contributed by atoms with Crippen LogP contribution in [0.2, 0.25) is 0 Å². The van der Waals surface area contributed by atoms with Gasteiger partial charge in [0.2, 0.25) is 5.91 Å². The van der Waals surface area contributed by atoms with Gasteiger partial charge in [-0.25, -0.2) is 0 Å². The van der Waals surface area contributed by atoms with Crippen LogP contribution in [-0.2, 0) is 9.53 Å². The highest BCUT2D eigenvalue weighted by atomic mass is 16.5. The maximum Gasteiger partial charge on any atom is 0.251 e. The van der Waals surface area contributed by atoms with E-state index in [-0.39, 0.29) is 17.7 Å². The molecule has 0 radical (unpaired) electrons. The highest BCUT2D eigenvalue weighted by Crippen LogP contribution is 2.27. The number of morpholine rings is 1. The number of hydrogen-bond acceptors (Lipinski definition) is 4. The minimum atomic E-state index is -0.456. The largest absolute Gasteiger partial charge is 0.379 e. The summed E-state index contributed by atoms with van der Waals surface area (Å²) in [5.74, 6) is -0.0104. The second-order valence-electron chi connectivity index (χ2n) is 7.46. The summed E-state index contributed by atoms with van der Waals surface area (Å²) >= 11 is 0. The lowest BCUT2D eigenvalue weighted by Crippen LogP contribution is -2.52. The van der Waals surface area contributed by atoms with Crippen molar-refractivity contribution in [3.05, 3.63) is 35.9 Å². The first-order chi connectivity index (χ1) is 13.2. The summed E-state index contributed by atoms with van der Waals surface area (Å²) in [4.78, 5) is 27.8. The molecule has 1 aliphatic carbocycles. The molecule has 1 atom stereocenters. The standard InChI is InChI=1S/C21H31N3O3/c25-20(18-9-5-2-6-10-18)23-19(17-7-3-1-4-8-17)21(26)22-11-12-24-13-15-27-16-14-24/h2,5-6,9-10,17,19H,1,3-4,7-8,11-16H2,(H,22,26)(H,23,25). The Hall–Kier alpha value is -1.92. The van der Waals surface area contributed by atoms with Gasteiger partial charge in [0.05, 0.1) is 13.2 Å². The Morgan fingerprint density at radius 1 is 1.07 bits per heavy atom. The summed E-state index contributed by atoms with van der Waals surface area (Å²) < 4.78 is 5.35. The van der Waals surface area contributed by atoms with Gasteiger partial charge in [-0.2, -0.15) is 0 Å². The first kappa shape index (κ1) is 19.8. The molecule has 1 unspecified atom stereocenters. The van der Waals surface area contributed by atoms with Crippen LogP contribution in [0.15, 0.2) is 30.3 Å². The summed E-state index contributed by atoms with van der Waals surface area (Å²) in [5.41, 5.74) is 0.597. The Labute approximate surface area is 161 Å². The van der Waals surface area contributed by atoms with E-state index in [4.69, 9.17) is 4.74 Å². The molecule has 148 valence electrons. The second kappa shape index (κ2) is 10.4. The van der Waals surface area contributed by atoms with Crippen molar-refractivity contribution < 1.29 is 14.3 Å². The van der Waals surface area contributed by atoms with Gasteiger partial charge in [0.15, 0.2) is 0 Å². The highest BCUT2D eigenvalue weighted by molar-refractivity contribution is 5.97. The lowest BCUT2D eigenvalue weighted by atomic mass is 9.83. The SMILES string of the molecule is O=C(NC(C(=O)NCCN1CCOCC1)C1CCCCC1)c1ccccc1. The smallest absolute Gasteiger partial charge is 0.251 e. The fraction of sp³-hybridized carbons (Fsp3) is 0.619. The molecule has 2 amide bonds. The Bertz CT molecular complexity index is 596. The molecule has 1 saturated heterocycles. The predicted octanol–water partition coefficient (Wildman–Crippen LogP) is 1.81. The zero-order valence-corrected chi connectivity index (χ0v) is 16.0. The van der Waals surface area contributed by atoms with Gasteiger partial charge in [0.25, 0.3) is 5.91 Å². The van der Waals surface area contributed by atoms with Gasteiger partial charge in [-0.3, -0.25) is 14.5 Å². The first-order valence-electron chi connectivity index (χ1n) is 10.2. The number of benzene rings is 1. The van der Waals surface area contributed by atoms with Crippen LogP contribution in [0.1, 0.15) is 42.5 Å². The third-order valence-electron chi connectivity index (χ3n) is 5.56. The van der Waals surface area contributed by atoms with Crippen LogP contribution >= 0.6 is 0 Å². The zero-order valence-electron chi connectivity index (χ0n) is 16.0. The summed E-state index contributed by atoms with van der Waals surface area (Å²) in [6.45, 7) is 4.75. The lowest BCUT2D eigenvalue weighted by Gasteiger charge is -2.31. The minimum Gasteiger partial charge on any atom is -0.379 e. The molecule has 3 rings (SSSR count). The van der Waals surface area contributed by atoms with E-state index < -0.39 is 6.04 Å². The first-order valence-corrected chi connectivity index (χ1v) is 10.2. The van der Waals surface area contributed by atoms with Gasteiger partial charge in [-0.1, -0.05) is 37.5 Å². The molecule has 2 aliphatic rings. The normalized spacial score (nSPS) is 20.0. The fourth-order valence-corrected chi connectivity index (χ4v) is 3.95. The van der Waals surface area contributed by atoms with Crippen molar-refractivity contribution in [2.24, 2.45) is 5.92 Å². The third kappa shape index (κ3) is 6.04.